The lowest BCUT2D eigenvalue weighted by molar-refractivity contribution is 0.668. The summed E-state index contributed by atoms with van der Waals surface area (Å²) in [6, 6.07) is 51.3. The second-order valence-electron chi connectivity index (χ2n) is 13.1. The molecule has 0 unspecified atom stereocenters. The fourth-order valence-electron chi connectivity index (χ4n) is 7.66. The van der Waals surface area contributed by atoms with Gasteiger partial charge in [-0.2, -0.15) is 0 Å². The van der Waals surface area contributed by atoms with Gasteiger partial charge in [0.25, 0.3) is 0 Å². The molecule has 244 valence electrons. The minimum Gasteiger partial charge on any atom is -0.456 e. The number of hydrogen-bond acceptors (Lipinski definition) is 6. The van der Waals surface area contributed by atoms with Crippen molar-refractivity contribution >= 4 is 65.8 Å². The topological polar surface area (TPSA) is 78.1 Å². The molecule has 4 heterocycles. The number of fused-ring (bicyclic) bond motifs is 9. The maximum Gasteiger partial charge on any atom is 0.164 e. The molecule has 7 aromatic carbocycles. The number of aromatic nitrogens is 3. The quantitative estimate of drug-likeness (QED) is 0.181. The van der Waals surface area contributed by atoms with Crippen LogP contribution in [0.1, 0.15) is 11.4 Å². The number of furan rings is 3. The minimum atomic E-state index is 0.479. The van der Waals surface area contributed by atoms with Crippen molar-refractivity contribution in [1.82, 2.24) is 15.0 Å². The van der Waals surface area contributed by atoms with Crippen LogP contribution in [0.25, 0.3) is 99.7 Å². The van der Waals surface area contributed by atoms with Gasteiger partial charge in [-0.1, -0.05) is 115 Å². The average Bonchev–Trinajstić information content (AvgIpc) is 3.89. The number of rotatable bonds is 5. The highest BCUT2D eigenvalue weighted by Crippen LogP contribution is 2.40. The van der Waals surface area contributed by atoms with Crippen molar-refractivity contribution in [2.75, 3.05) is 0 Å². The van der Waals surface area contributed by atoms with Gasteiger partial charge < -0.3 is 13.3 Å². The van der Waals surface area contributed by atoms with Gasteiger partial charge in [-0.15, -0.1) is 0 Å². The van der Waals surface area contributed by atoms with Crippen molar-refractivity contribution in [2.45, 2.75) is 6.42 Å². The SMILES string of the molecule is c1ccc(-c2nc(Cc3cccc4oc5ccc(-c6cccc7c6oc6ccccc67)cc5c34)nc(-c3cccc4oc5ccccc5c34)n2)cc1. The Labute approximate surface area is 296 Å². The monoisotopic (exact) mass is 669 g/mol. The standard InChI is InChI=1S/C46H27N3O3/c1-2-11-27(12-3-1)45-47-41(48-46(49-45)34-18-10-22-40-43(34)33-15-5-7-20-37(33)50-40)26-29-13-8-21-39-42(29)35-25-28(23-24-38(35)51-39)30-16-9-17-32-31-14-4-6-19-36(31)52-44(30)32/h1-25H,26H2. The van der Waals surface area contributed by atoms with Crippen LogP contribution in [-0.2, 0) is 6.42 Å². The normalized spacial score (nSPS) is 11.9. The van der Waals surface area contributed by atoms with Gasteiger partial charge in [0, 0.05) is 55.4 Å². The maximum absolute atomic E-state index is 6.44. The van der Waals surface area contributed by atoms with Crippen LogP contribution >= 0.6 is 0 Å². The molecule has 11 rings (SSSR count). The van der Waals surface area contributed by atoms with Crippen LogP contribution in [0.5, 0.6) is 0 Å². The third kappa shape index (κ3) is 4.48. The van der Waals surface area contributed by atoms with Gasteiger partial charge in [-0.3, -0.25) is 0 Å². The summed E-state index contributed by atoms with van der Waals surface area (Å²) in [6.07, 6.45) is 0.479. The maximum atomic E-state index is 6.44. The van der Waals surface area contributed by atoms with Crippen molar-refractivity contribution in [3.05, 3.63) is 163 Å². The summed E-state index contributed by atoms with van der Waals surface area (Å²) >= 11 is 0. The zero-order valence-corrected chi connectivity index (χ0v) is 27.7. The fourth-order valence-corrected chi connectivity index (χ4v) is 7.66. The highest BCUT2D eigenvalue weighted by atomic mass is 16.3. The Morgan fingerprint density at radius 3 is 1.88 bits per heavy atom. The molecule has 0 spiro atoms. The molecule has 0 bridgehead atoms. The molecule has 0 amide bonds. The molecule has 0 aliphatic heterocycles. The third-order valence-corrected chi connectivity index (χ3v) is 10.0. The van der Waals surface area contributed by atoms with E-state index in [1.54, 1.807) is 0 Å². The molecule has 0 atom stereocenters. The highest BCUT2D eigenvalue weighted by Gasteiger charge is 2.20. The minimum absolute atomic E-state index is 0.479. The van der Waals surface area contributed by atoms with E-state index in [2.05, 4.69) is 60.7 Å². The lowest BCUT2D eigenvalue weighted by atomic mass is 9.98. The molecule has 0 saturated heterocycles. The Kier molecular flexibility index (Phi) is 6.21. The molecular weight excluding hydrogens is 643 g/mol. The summed E-state index contributed by atoms with van der Waals surface area (Å²) in [5.41, 5.74) is 10.0. The Morgan fingerprint density at radius 2 is 1.02 bits per heavy atom. The first-order valence-corrected chi connectivity index (χ1v) is 17.3. The third-order valence-electron chi connectivity index (χ3n) is 10.0. The highest BCUT2D eigenvalue weighted by molar-refractivity contribution is 6.13. The number of para-hydroxylation sites is 3. The first-order chi connectivity index (χ1) is 25.7. The molecular formula is C46H27N3O3. The first kappa shape index (κ1) is 28.8. The summed E-state index contributed by atoms with van der Waals surface area (Å²) in [4.78, 5) is 15.3. The largest absolute Gasteiger partial charge is 0.456 e. The van der Waals surface area contributed by atoms with Crippen LogP contribution in [0.15, 0.2) is 165 Å². The molecule has 0 aliphatic rings. The molecule has 0 saturated carbocycles. The summed E-state index contributed by atoms with van der Waals surface area (Å²) in [6.45, 7) is 0. The van der Waals surface area contributed by atoms with Crippen LogP contribution < -0.4 is 0 Å². The molecule has 0 radical (unpaired) electrons. The van der Waals surface area contributed by atoms with Crippen molar-refractivity contribution < 1.29 is 13.3 Å². The van der Waals surface area contributed by atoms with Crippen molar-refractivity contribution in [3.63, 3.8) is 0 Å². The van der Waals surface area contributed by atoms with Gasteiger partial charge in [0.2, 0.25) is 0 Å². The molecule has 0 N–H and O–H groups in total. The van der Waals surface area contributed by atoms with E-state index in [-0.39, 0.29) is 0 Å². The van der Waals surface area contributed by atoms with E-state index in [1.165, 1.54) is 0 Å². The molecule has 0 fully saturated rings. The van der Waals surface area contributed by atoms with E-state index in [0.29, 0.717) is 23.9 Å². The van der Waals surface area contributed by atoms with Gasteiger partial charge in [0.1, 0.15) is 39.3 Å². The Hall–Kier alpha value is -7.05. The predicted molar refractivity (Wildman–Crippen MR) is 207 cm³/mol. The van der Waals surface area contributed by atoms with E-state index in [0.717, 1.165) is 93.6 Å². The van der Waals surface area contributed by atoms with Crippen LogP contribution in [0, 0.1) is 0 Å². The summed E-state index contributed by atoms with van der Waals surface area (Å²) in [5, 5.41) is 6.31. The Morgan fingerprint density at radius 1 is 0.385 bits per heavy atom. The van der Waals surface area contributed by atoms with E-state index < -0.39 is 0 Å². The molecule has 52 heavy (non-hydrogen) atoms. The molecule has 6 heteroatoms. The van der Waals surface area contributed by atoms with E-state index in [9.17, 15) is 0 Å². The molecule has 11 aromatic rings. The van der Waals surface area contributed by atoms with E-state index >= 15 is 0 Å². The Bertz CT molecular complexity index is 3170. The van der Waals surface area contributed by atoms with E-state index in [4.69, 9.17) is 28.2 Å². The second-order valence-corrected chi connectivity index (χ2v) is 13.1. The average molecular weight is 670 g/mol. The number of benzene rings is 7. The Balaban J connectivity index is 1.08. The van der Waals surface area contributed by atoms with Crippen molar-refractivity contribution in [2.24, 2.45) is 0 Å². The van der Waals surface area contributed by atoms with Crippen LogP contribution in [-0.4, -0.2) is 15.0 Å². The lowest BCUT2D eigenvalue weighted by Crippen LogP contribution is -2.04. The van der Waals surface area contributed by atoms with Gasteiger partial charge in [-0.25, -0.2) is 15.0 Å². The van der Waals surface area contributed by atoms with Gasteiger partial charge >= 0.3 is 0 Å². The lowest BCUT2D eigenvalue weighted by Gasteiger charge is -2.10. The van der Waals surface area contributed by atoms with Gasteiger partial charge in [0.15, 0.2) is 11.6 Å². The summed E-state index contributed by atoms with van der Waals surface area (Å²) < 4.78 is 19.1. The zero-order chi connectivity index (χ0) is 34.2. The molecule has 4 aromatic heterocycles. The smallest absolute Gasteiger partial charge is 0.164 e. The summed E-state index contributed by atoms with van der Waals surface area (Å²) in [5.74, 6) is 1.89. The van der Waals surface area contributed by atoms with Gasteiger partial charge in [0.05, 0.1) is 0 Å². The van der Waals surface area contributed by atoms with Gasteiger partial charge in [-0.05, 0) is 47.5 Å². The van der Waals surface area contributed by atoms with Crippen molar-refractivity contribution in [3.8, 4) is 33.9 Å². The second kappa shape index (κ2) is 11.2. The molecule has 6 nitrogen and oxygen atoms in total. The van der Waals surface area contributed by atoms with Crippen LogP contribution in [0.3, 0.4) is 0 Å². The number of nitrogens with zero attached hydrogens (tertiary/aromatic N) is 3. The zero-order valence-electron chi connectivity index (χ0n) is 27.7. The fraction of sp³-hybridized carbons (Fsp3) is 0.0217. The van der Waals surface area contributed by atoms with Crippen LogP contribution in [0.4, 0.5) is 0 Å². The van der Waals surface area contributed by atoms with Crippen LogP contribution in [0.2, 0.25) is 0 Å². The van der Waals surface area contributed by atoms with E-state index in [1.807, 2.05) is 91.0 Å². The number of hydrogen-bond donors (Lipinski definition) is 0. The molecule has 0 aliphatic carbocycles. The summed E-state index contributed by atoms with van der Waals surface area (Å²) in [7, 11) is 0. The van der Waals surface area contributed by atoms with Crippen molar-refractivity contribution in [1.29, 1.82) is 0 Å². The first-order valence-electron chi connectivity index (χ1n) is 17.3. The predicted octanol–water partition coefficient (Wildman–Crippen LogP) is 12.2.